The number of benzene rings is 2. The fourth-order valence-electron chi connectivity index (χ4n) is 3.26. The first-order chi connectivity index (χ1) is 14.7. The zero-order valence-corrected chi connectivity index (χ0v) is 20.6. The van der Waals surface area contributed by atoms with Gasteiger partial charge in [-0.15, -0.1) is 24.0 Å². The Kier molecular flexibility index (Phi) is 10.6. The van der Waals surface area contributed by atoms with Gasteiger partial charge in [-0.05, 0) is 56.4 Å². The molecule has 0 bridgehead atoms. The van der Waals surface area contributed by atoms with Gasteiger partial charge in [-0.3, -0.25) is 4.79 Å². The summed E-state index contributed by atoms with van der Waals surface area (Å²) in [5.74, 6) is 1.65. The molecule has 1 amide bonds. The van der Waals surface area contributed by atoms with E-state index < -0.39 is 0 Å². The highest BCUT2D eigenvalue weighted by Crippen LogP contribution is 2.27. The minimum absolute atomic E-state index is 0. The first-order valence-electron chi connectivity index (χ1n) is 10.8. The van der Waals surface area contributed by atoms with Gasteiger partial charge in [0.2, 0.25) is 0 Å². The van der Waals surface area contributed by atoms with Crippen molar-refractivity contribution in [2.45, 2.75) is 45.3 Å². The highest BCUT2D eigenvalue weighted by atomic mass is 127. The third kappa shape index (κ3) is 7.72. The van der Waals surface area contributed by atoms with Gasteiger partial charge in [0.1, 0.15) is 5.75 Å². The third-order valence-corrected chi connectivity index (χ3v) is 5.19. The van der Waals surface area contributed by atoms with Gasteiger partial charge < -0.3 is 20.7 Å². The number of hydrogen-bond acceptors (Lipinski definition) is 3. The molecule has 1 aliphatic rings. The number of hydrogen-bond donors (Lipinski definition) is 3. The van der Waals surface area contributed by atoms with Gasteiger partial charge in [0.15, 0.2) is 5.96 Å². The molecule has 6 nitrogen and oxygen atoms in total. The van der Waals surface area contributed by atoms with E-state index in [2.05, 4.69) is 28.9 Å². The highest BCUT2D eigenvalue weighted by molar-refractivity contribution is 14.0. The van der Waals surface area contributed by atoms with E-state index in [0.29, 0.717) is 18.2 Å². The predicted molar refractivity (Wildman–Crippen MR) is 136 cm³/mol. The van der Waals surface area contributed by atoms with E-state index in [4.69, 9.17) is 9.73 Å². The number of guanidine groups is 1. The van der Waals surface area contributed by atoms with Crippen LogP contribution in [0.1, 0.15) is 47.7 Å². The molecule has 0 heterocycles. The Balaban J connectivity index is 0.00000341. The van der Waals surface area contributed by atoms with Crippen LogP contribution in [-0.4, -0.2) is 38.1 Å². The summed E-state index contributed by atoms with van der Waals surface area (Å²) in [4.78, 5) is 16.5. The molecular weight excluding hydrogens is 503 g/mol. The largest absolute Gasteiger partial charge is 0.490 e. The monoisotopic (exact) mass is 536 g/mol. The smallest absolute Gasteiger partial charge is 0.251 e. The maximum atomic E-state index is 11.8. The van der Waals surface area contributed by atoms with E-state index in [0.717, 1.165) is 55.2 Å². The molecule has 0 radical (unpaired) electrons. The Morgan fingerprint density at radius 3 is 2.65 bits per heavy atom. The van der Waals surface area contributed by atoms with Crippen molar-refractivity contribution in [2.75, 3.05) is 20.1 Å². The van der Waals surface area contributed by atoms with Crippen LogP contribution in [0.15, 0.2) is 53.5 Å². The van der Waals surface area contributed by atoms with E-state index in [1.807, 2.05) is 42.5 Å². The fraction of sp³-hybridized carbons (Fsp3) is 0.417. The number of carbonyl (C=O) groups is 1. The maximum Gasteiger partial charge on any atom is 0.251 e. The summed E-state index contributed by atoms with van der Waals surface area (Å²) in [5.41, 5.74) is 2.89. The highest BCUT2D eigenvalue weighted by Gasteiger charge is 2.20. The maximum absolute atomic E-state index is 11.8. The van der Waals surface area contributed by atoms with Crippen molar-refractivity contribution < 1.29 is 9.53 Å². The van der Waals surface area contributed by atoms with Gasteiger partial charge in [0.05, 0.1) is 12.6 Å². The lowest BCUT2D eigenvalue weighted by molar-refractivity contribution is 0.0963. The summed E-state index contributed by atoms with van der Waals surface area (Å²) in [6, 6.07) is 15.8. The predicted octanol–water partition coefficient (Wildman–Crippen LogP) is 3.89. The Bertz CT molecular complexity index is 868. The number of aliphatic imine (C=N–C) groups is 1. The van der Waals surface area contributed by atoms with Crippen LogP contribution in [0.2, 0.25) is 0 Å². The summed E-state index contributed by atoms with van der Waals surface area (Å²) < 4.78 is 6.11. The second-order valence-corrected chi connectivity index (χ2v) is 7.43. The van der Waals surface area contributed by atoms with E-state index >= 15 is 0 Å². The summed E-state index contributed by atoms with van der Waals surface area (Å²) in [6.07, 6.45) is 4.69. The molecule has 0 saturated heterocycles. The number of rotatable bonds is 9. The first-order valence-corrected chi connectivity index (χ1v) is 10.8. The molecule has 31 heavy (non-hydrogen) atoms. The molecule has 3 rings (SSSR count). The standard InChI is InChI=1S/C24H32N4O2.HI/c1-3-26-24(27-15-14-18-8-6-10-19(16-18)23(29)25-2)28-17-20-9-4-5-13-22(20)30-21-11-7-12-21;/h4-6,8-10,13,16,21H,3,7,11-12,14-15,17H2,1-2H3,(H,25,29)(H2,26,27,28);1H. The molecule has 3 N–H and O–H groups in total. The van der Waals surface area contributed by atoms with Crippen LogP contribution in [0.5, 0.6) is 5.75 Å². The van der Waals surface area contributed by atoms with Gasteiger partial charge >= 0.3 is 0 Å². The summed E-state index contributed by atoms with van der Waals surface area (Å²) in [6.45, 7) is 4.13. The average molecular weight is 536 g/mol. The van der Waals surface area contributed by atoms with Crippen LogP contribution in [0, 0.1) is 0 Å². The molecule has 168 valence electrons. The molecule has 0 spiro atoms. The molecule has 0 aromatic heterocycles. The van der Waals surface area contributed by atoms with E-state index in [9.17, 15) is 4.79 Å². The van der Waals surface area contributed by atoms with Crippen LogP contribution in [0.3, 0.4) is 0 Å². The van der Waals surface area contributed by atoms with Crippen molar-refractivity contribution >= 4 is 35.8 Å². The number of nitrogens with one attached hydrogen (secondary N) is 3. The number of ether oxygens (including phenoxy) is 1. The minimum Gasteiger partial charge on any atom is -0.490 e. The van der Waals surface area contributed by atoms with Crippen molar-refractivity contribution in [3.63, 3.8) is 0 Å². The first kappa shape index (κ1) is 25.0. The molecule has 7 heteroatoms. The second kappa shape index (κ2) is 13.2. The van der Waals surface area contributed by atoms with Crippen LogP contribution in [0.25, 0.3) is 0 Å². The minimum atomic E-state index is -0.0671. The molecule has 0 atom stereocenters. The molecule has 0 unspecified atom stereocenters. The van der Waals surface area contributed by atoms with E-state index in [-0.39, 0.29) is 29.9 Å². The molecule has 2 aromatic carbocycles. The lowest BCUT2D eigenvalue weighted by atomic mass is 9.96. The zero-order chi connectivity index (χ0) is 21.2. The molecule has 1 fully saturated rings. The normalized spacial score (nSPS) is 13.5. The van der Waals surface area contributed by atoms with Crippen molar-refractivity contribution in [3.05, 3.63) is 65.2 Å². The van der Waals surface area contributed by atoms with E-state index in [1.54, 1.807) is 7.05 Å². The van der Waals surface area contributed by atoms with E-state index in [1.165, 1.54) is 6.42 Å². The Morgan fingerprint density at radius 2 is 1.94 bits per heavy atom. The Hall–Kier alpha value is -2.29. The molecular formula is C24H33IN4O2. The van der Waals surface area contributed by atoms with Crippen molar-refractivity contribution in [2.24, 2.45) is 4.99 Å². The van der Waals surface area contributed by atoms with Crippen molar-refractivity contribution in [1.82, 2.24) is 16.0 Å². The van der Waals surface area contributed by atoms with Gasteiger partial charge in [0, 0.05) is 31.3 Å². The van der Waals surface area contributed by atoms with Crippen molar-refractivity contribution in [1.29, 1.82) is 0 Å². The summed E-state index contributed by atoms with van der Waals surface area (Å²) >= 11 is 0. The number of amides is 1. The zero-order valence-electron chi connectivity index (χ0n) is 18.3. The molecule has 1 aliphatic carbocycles. The molecule has 2 aromatic rings. The van der Waals surface area contributed by atoms with Crippen LogP contribution in [-0.2, 0) is 13.0 Å². The second-order valence-electron chi connectivity index (χ2n) is 7.43. The summed E-state index contributed by atoms with van der Waals surface area (Å²) in [5, 5.41) is 9.34. The molecule has 1 saturated carbocycles. The topological polar surface area (TPSA) is 74.8 Å². The summed E-state index contributed by atoms with van der Waals surface area (Å²) in [7, 11) is 1.64. The van der Waals surface area contributed by atoms with Gasteiger partial charge in [-0.1, -0.05) is 30.3 Å². The number of carbonyl (C=O) groups excluding carboxylic acids is 1. The average Bonchev–Trinajstić information content (AvgIpc) is 2.75. The number of halogens is 1. The van der Waals surface area contributed by atoms with Crippen LogP contribution < -0.4 is 20.7 Å². The van der Waals surface area contributed by atoms with Gasteiger partial charge in [-0.2, -0.15) is 0 Å². The fourth-order valence-corrected chi connectivity index (χ4v) is 3.26. The number of nitrogens with zero attached hydrogens (tertiary/aromatic N) is 1. The van der Waals surface area contributed by atoms with Gasteiger partial charge in [-0.25, -0.2) is 4.99 Å². The SMILES string of the molecule is CCNC(=NCc1ccccc1OC1CCC1)NCCc1cccc(C(=O)NC)c1.I. The molecule has 0 aliphatic heterocycles. The lowest BCUT2D eigenvalue weighted by Gasteiger charge is -2.27. The quantitative estimate of drug-likeness (QED) is 0.258. The van der Waals surface area contributed by atoms with Gasteiger partial charge in [0.25, 0.3) is 5.91 Å². The number of para-hydroxylation sites is 1. The van der Waals surface area contributed by atoms with Crippen LogP contribution >= 0.6 is 24.0 Å². The lowest BCUT2D eigenvalue weighted by Crippen LogP contribution is -2.38. The Morgan fingerprint density at radius 1 is 1.13 bits per heavy atom. The third-order valence-electron chi connectivity index (χ3n) is 5.19. The van der Waals surface area contributed by atoms with Crippen LogP contribution in [0.4, 0.5) is 0 Å². The Labute approximate surface area is 202 Å². The van der Waals surface area contributed by atoms with Crippen molar-refractivity contribution in [3.8, 4) is 5.75 Å².